The van der Waals surface area contributed by atoms with Gasteiger partial charge in [0.15, 0.2) is 0 Å². The van der Waals surface area contributed by atoms with Crippen LogP contribution in [0.4, 0.5) is 0 Å². The van der Waals surface area contributed by atoms with E-state index in [2.05, 4.69) is 33.3 Å². The van der Waals surface area contributed by atoms with Crippen molar-refractivity contribution in [1.82, 2.24) is 19.7 Å². The van der Waals surface area contributed by atoms with Gasteiger partial charge in [-0.1, -0.05) is 18.2 Å². The van der Waals surface area contributed by atoms with Crippen molar-refractivity contribution in [3.8, 4) is 10.6 Å². The van der Waals surface area contributed by atoms with Gasteiger partial charge in [0.2, 0.25) is 0 Å². The van der Waals surface area contributed by atoms with Crippen LogP contribution in [-0.2, 0) is 12.4 Å². The molecule has 0 spiro atoms. The fourth-order valence-corrected chi connectivity index (χ4v) is 2.85. The highest BCUT2D eigenvalue weighted by atomic mass is 35.5. The summed E-state index contributed by atoms with van der Waals surface area (Å²) in [6, 6.07) is 8.28. The summed E-state index contributed by atoms with van der Waals surface area (Å²) in [5, 5.41) is 7.10. The summed E-state index contributed by atoms with van der Waals surface area (Å²) in [5.74, 6) is 0.454. The first kappa shape index (κ1) is 12.3. The van der Waals surface area contributed by atoms with Gasteiger partial charge in [-0.2, -0.15) is 5.10 Å². The smallest absolute Gasteiger partial charge is 0.137 e. The van der Waals surface area contributed by atoms with Crippen LogP contribution in [-0.4, -0.2) is 19.7 Å². The molecule has 2 aromatic heterocycles. The minimum absolute atomic E-state index is 0.454. The molecular formula is C13H11ClN4S. The average molecular weight is 291 g/mol. The molecule has 96 valence electrons. The Bertz CT molecular complexity index is 663. The molecule has 0 N–H and O–H groups in total. The summed E-state index contributed by atoms with van der Waals surface area (Å²) >= 11 is 7.39. The molecule has 0 unspecified atom stereocenters. The number of hydrogen-bond acceptors (Lipinski definition) is 4. The molecule has 3 rings (SSSR count). The molecule has 3 aromatic rings. The highest BCUT2D eigenvalue weighted by Gasteiger charge is 2.05. The molecular weight excluding hydrogens is 280 g/mol. The predicted octanol–water partition coefficient (Wildman–Crippen LogP) is 3.19. The Morgan fingerprint density at radius 1 is 1.32 bits per heavy atom. The zero-order chi connectivity index (χ0) is 13.1. The minimum Gasteiger partial charge on any atom is -0.249 e. The predicted molar refractivity (Wildman–Crippen MR) is 76.2 cm³/mol. The van der Waals surface area contributed by atoms with Gasteiger partial charge in [-0.05, 0) is 11.6 Å². The molecule has 6 heteroatoms. The third kappa shape index (κ3) is 2.83. The first-order valence-electron chi connectivity index (χ1n) is 5.77. The molecule has 1 aromatic carbocycles. The number of thiazole rings is 1. The van der Waals surface area contributed by atoms with Crippen molar-refractivity contribution in [2.45, 2.75) is 12.4 Å². The van der Waals surface area contributed by atoms with Gasteiger partial charge in [0.1, 0.15) is 17.7 Å². The van der Waals surface area contributed by atoms with Crippen LogP contribution in [0.1, 0.15) is 11.3 Å². The van der Waals surface area contributed by atoms with Gasteiger partial charge >= 0.3 is 0 Å². The Labute approximate surface area is 119 Å². The zero-order valence-electron chi connectivity index (χ0n) is 10.0. The topological polar surface area (TPSA) is 43.6 Å². The van der Waals surface area contributed by atoms with Crippen LogP contribution in [0, 0.1) is 0 Å². The maximum atomic E-state index is 5.78. The lowest BCUT2D eigenvalue weighted by Crippen LogP contribution is -1.99. The molecule has 0 fully saturated rings. The van der Waals surface area contributed by atoms with Crippen molar-refractivity contribution >= 4 is 22.9 Å². The van der Waals surface area contributed by atoms with Crippen LogP contribution < -0.4 is 0 Å². The van der Waals surface area contributed by atoms with E-state index in [0.29, 0.717) is 12.4 Å². The van der Waals surface area contributed by atoms with E-state index in [4.69, 9.17) is 11.6 Å². The van der Waals surface area contributed by atoms with Crippen LogP contribution in [0.5, 0.6) is 0 Å². The second kappa shape index (κ2) is 5.50. The van der Waals surface area contributed by atoms with Gasteiger partial charge < -0.3 is 0 Å². The SMILES string of the molecule is ClCc1csc(-c2cccc(Cn3cncn3)c2)n1. The summed E-state index contributed by atoms with van der Waals surface area (Å²) in [4.78, 5) is 8.43. The van der Waals surface area contributed by atoms with E-state index < -0.39 is 0 Å². The number of benzene rings is 1. The van der Waals surface area contributed by atoms with Gasteiger partial charge in [-0.15, -0.1) is 22.9 Å². The molecule has 0 bridgehead atoms. The molecule has 0 atom stereocenters. The second-order valence-electron chi connectivity index (χ2n) is 4.07. The first-order valence-corrected chi connectivity index (χ1v) is 7.18. The van der Waals surface area contributed by atoms with E-state index in [0.717, 1.165) is 16.3 Å². The van der Waals surface area contributed by atoms with Gasteiger partial charge in [0.25, 0.3) is 0 Å². The van der Waals surface area contributed by atoms with Crippen molar-refractivity contribution in [3.05, 3.63) is 53.6 Å². The van der Waals surface area contributed by atoms with Crippen LogP contribution in [0.15, 0.2) is 42.3 Å². The average Bonchev–Trinajstić information content (AvgIpc) is 3.09. The Morgan fingerprint density at radius 3 is 3.00 bits per heavy atom. The maximum absolute atomic E-state index is 5.78. The van der Waals surface area contributed by atoms with E-state index in [9.17, 15) is 0 Å². The lowest BCUT2D eigenvalue weighted by atomic mass is 10.1. The second-order valence-corrected chi connectivity index (χ2v) is 5.20. The first-order chi connectivity index (χ1) is 9.35. The molecule has 19 heavy (non-hydrogen) atoms. The summed E-state index contributed by atoms with van der Waals surface area (Å²) in [6.45, 7) is 0.710. The van der Waals surface area contributed by atoms with Crippen LogP contribution in [0.3, 0.4) is 0 Å². The lowest BCUT2D eigenvalue weighted by molar-refractivity contribution is 0.685. The van der Waals surface area contributed by atoms with Crippen LogP contribution >= 0.6 is 22.9 Å². The van der Waals surface area contributed by atoms with E-state index in [-0.39, 0.29) is 0 Å². The molecule has 0 radical (unpaired) electrons. The fourth-order valence-electron chi connectivity index (χ4n) is 1.81. The molecule has 0 aliphatic heterocycles. The lowest BCUT2D eigenvalue weighted by Gasteiger charge is -2.03. The minimum atomic E-state index is 0.454. The summed E-state index contributed by atoms with van der Waals surface area (Å²) in [7, 11) is 0. The molecule has 4 nitrogen and oxygen atoms in total. The van der Waals surface area contributed by atoms with E-state index in [1.165, 1.54) is 11.9 Å². The maximum Gasteiger partial charge on any atom is 0.137 e. The van der Waals surface area contributed by atoms with E-state index >= 15 is 0 Å². The summed E-state index contributed by atoms with van der Waals surface area (Å²) in [6.07, 6.45) is 3.25. The third-order valence-electron chi connectivity index (χ3n) is 2.67. The number of rotatable bonds is 4. The van der Waals surface area contributed by atoms with Crippen molar-refractivity contribution in [2.24, 2.45) is 0 Å². The van der Waals surface area contributed by atoms with Crippen LogP contribution in [0.2, 0.25) is 0 Å². The molecule has 0 amide bonds. The summed E-state index contributed by atoms with van der Waals surface area (Å²) in [5.41, 5.74) is 3.20. The quantitative estimate of drug-likeness (QED) is 0.693. The van der Waals surface area contributed by atoms with Gasteiger partial charge in [0.05, 0.1) is 18.1 Å². The highest BCUT2D eigenvalue weighted by Crippen LogP contribution is 2.25. The Morgan fingerprint density at radius 2 is 2.26 bits per heavy atom. The van der Waals surface area contributed by atoms with E-state index in [1.807, 2.05) is 11.4 Å². The standard InChI is InChI=1S/C13H11ClN4S/c14-5-12-7-19-13(17-12)11-3-1-2-10(4-11)6-18-9-15-8-16-18/h1-4,7-9H,5-6H2. The van der Waals surface area contributed by atoms with Crippen molar-refractivity contribution < 1.29 is 0 Å². The fraction of sp³-hybridized carbons (Fsp3) is 0.154. The molecule has 0 aliphatic carbocycles. The Hall–Kier alpha value is -1.72. The normalized spacial score (nSPS) is 10.8. The van der Waals surface area contributed by atoms with Crippen molar-refractivity contribution in [3.63, 3.8) is 0 Å². The van der Waals surface area contributed by atoms with E-state index in [1.54, 1.807) is 22.3 Å². The number of hydrogen-bond donors (Lipinski definition) is 0. The molecule has 0 aliphatic rings. The summed E-state index contributed by atoms with van der Waals surface area (Å²) < 4.78 is 1.80. The van der Waals surface area contributed by atoms with Gasteiger partial charge in [0, 0.05) is 10.9 Å². The largest absolute Gasteiger partial charge is 0.249 e. The van der Waals surface area contributed by atoms with Crippen molar-refractivity contribution in [2.75, 3.05) is 0 Å². The highest BCUT2D eigenvalue weighted by molar-refractivity contribution is 7.13. The zero-order valence-corrected chi connectivity index (χ0v) is 11.6. The van der Waals surface area contributed by atoms with Crippen LogP contribution in [0.25, 0.3) is 10.6 Å². The number of halogens is 1. The molecule has 0 saturated carbocycles. The Balaban J connectivity index is 1.87. The van der Waals surface area contributed by atoms with Gasteiger partial charge in [-0.3, -0.25) is 0 Å². The van der Waals surface area contributed by atoms with Gasteiger partial charge in [-0.25, -0.2) is 14.6 Å². The molecule has 0 saturated heterocycles. The van der Waals surface area contributed by atoms with Crippen molar-refractivity contribution in [1.29, 1.82) is 0 Å². The molecule has 2 heterocycles. The number of alkyl halides is 1. The number of aromatic nitrogens is 4. The number of nitrogens with zero attached hydrogens (tertiary/aromatic N) is 4. The Kier molecular flexibility index (Phi) is 3.57. The third-order valence-corrected chi connectivity index (χ3v) is 3.89. The monoisotopic (exact) mass is 290 g/mol.